The minimum Gasteiger partial charge on any atom is -0.456 e. The molecular weight excluding hydrogens is 390 g/mol. The lowest BCUT2D eigenvalue weighted by molar-refractivity contribution is -0.143. The standard InChI is InChI=1S/C20H23N5O5/c1-6-7-25-12(2)8-14(13(25)3)15(26)10-30-16(27)9-24-11-21-18-17(24)19(28)23(5)20(29)22(18)4/h6,8,11H,1,7,9-10H2,2-5H3. The van der Waals surface area contributed by atoms with Gasteiger partial charge in [0.15, 0.2) is 17.8 Å². The minimum absolute atomic E-state index is 0.107. The van der Waals surface area contributed by atoms with Crippen molar-refractivity contribution in [1.82, 2.24) is 23.3 Å². The Balaban J connectivity index is 1.75. The van der Waals surface area contributed by atoms with Gasteiger partial charge in [-0.05, 0) is 19.9 Å². The number of carbonyl (C=O) groups excluding carboxylic acids is 2. The molecule has 3 rings (SSSR count). The summed E-state index contributed by atoms with van der Waals surface area (Å²) in [4.78, 5) is 53.2. The zero-order valence-electron chi connectivity index (χ0n) is 17.3. The summed E-state index contributed by atoms with van der Waals surface area (Å²) in [7, 11) is 2.84. The van der Waals surface area contributed by atoms with E-state index >= 15 is 0 Å². The molecule has 0 atom stereocenters. The number of allylic oxidation sites excluding steroid dienone is 1. The molecule has 30 heavy (non-hydrogen) atoms. The summed E-state index contributed by atoms with van der Waals surface area (Å²) in [6, 6.07) is 1.75. The number of rotatable bonds is 7. The van der Waals surface area contributed by atoms with E-state index in [0.29, 0.717) is 12.1 Å². The van der Waals surface area contributed by atoms with E-state index < -0.39 is 23.8 Å². The fourth-order valence-electron chi connectivity index (χ4n) is 3.42. The summed E-state index contributed by atoms with van der Waals surface area (Å²) in [6.45, 7) is 7.26. The number of aromatic nitrogens is 5. The Morgan fingerprint density at radius 3 is 2.57 bits per heavy atom. The zero-order chi connectivity index (χ0) is 22.2. The van der Waals surface area contributed by atoms with Gasteiger partial charge in [0.05, 0.1) is 6.33 Å². The normalized spacial score (nSPS) is 11.1. The number of aryl methyl sites for hydroxylation is 2. The second-order valence-electron chi connectivity index (χ2n) is 7.02. The molecule has 0 bridgehead atoms. The molecule has 3 aromatic rings. The summed E-state index contributed by atoms with van der Waals surface area (Å²) in [5, 5.41) is 0. The highest BCUT2D eigenvalue weighted by atomic mass is 16.5. The Morgan fingerprint density at radius 1 is 1.20 bits per heavy atom. The van der Waals surface area contributed by atoms with Crippen LogP contribution in [0.1, 0.15) is 21.7 Å². The Hall–Kier alpha value is -3.69. The van der Waals surface area contributed by atoms with Gasteiger partial charge < -0.3 is 13.9 Å². The van der Waals surface area contributed by atoms with E-state index in [2.05, 4.69) is 11.6 Å². The maximum Gasteiger partial charge on any atom is 0.332 e. The molecule has 10 nitrogen and oxygen atoms in total. The molecule has 0 amide bonds. The van der Waals surface area contributed by atoms with Crippen LogP contribution in [-0.2, 0) is 36.7 Å². The molecule has 0 aliphatic heterocycles. The van der Waals surface area contributed by atoms with E-state index in [-0.39, 0.29) is 23.5 Å². The van der Waals surface area contributed by atoms with Gasteiger partial charge in [0.2, 0.25) is 5.78 Å². The number of ketones is 1. The van der Waals surface area contributed by atoms with E-state index in [1.807, 2.05) is 18.4 Å². The van der Waals surface area contributed by atoms with E-state index in [1.165, 1.54) is 29.6 Å². The molecule has 0 fully saturated rings. The first kappa shape index (κ1) is 21.0. The van der Waals surface area contributed by atoms with Crippen molar-refractivity contribution in [2.24, 2.45) is 14.1 Å². The van der Waals surface area contributed by atoms with Crippen molar-refractivity contribution in [2.75, 3.05) is 6.61 Å². The van der Waals surface area contributed by atoms with Crippen molar-refractivity contribution in [3.63, 3.8) is 0 Å². The highest BCUT2D eigenvalue weighted by molar-refractivity contribution is 5.99. The van der Waals surface area contributed by atoms with Crippen molar-refractivity contribution >= 4 is 22.9 Å². The van der Waals surface area contributed by atoms with Crippen LogP contribution in [0.15, 0.2) is 34.6 Å². The largest absolute Gasteiger partial charge is 0.456 e. The fourth-order valence-corrected chi connectivity index (χ4v) is 3.42. The molecule has 0 saturated carbocycles. The first-order valence-electron chi connectivity index (χ1n) is 9.24. The Morgan fingerprint density at radius 2 is 1.90 bits per heavy atom. The second kappa shape index (κ2) is 7.97. The molecule has 0 unspecified atom stereocenters. The van der Waals surface area contributed by atoms with Crippen LogP contribution in [0.5, 0.6) is 0 Å². The number of hydrogen-bond donors (Lipinski definition) is 0. The van der Waals surface area contributed by atoms with E-state index in [9.17, 15) is 19.2 Å². The molecule has 158 valence electrons. The van der Waals surface area contributed by atoms with Crippen molar-refractivity contribution in [3.05, 3.63) is 62.8 Å². The zero-order valence-corrected chi connectivity index (χ0v) is 17.3. The highest BCUT2D eigenvalue weighted by Gasteiger charge is 2.19. The number of nitrogens with zero attached hydrogens (tertiary/aromatic N) is 5. The highest BCUT2D eigenvalue weighted by Crippen LogP contribution is 2.16. The summed E-state index contributed by atoms with van der Waals surface area (Å²) in [6.07, 6.45) is 3.03. The summed E-state index contributed by atoms with van der Waals surface area (Å²) < 4.78 is 10.5. The number of fused-ring (bicyclic) bond motifs is 1. The maximum absolute atomic E-state index is 12.5. The van der Waals surface area contributed by atoms with Gasteiger partial charge in [0, 0.05) is 37.6 Å². The van der Waals surface area contributed by atoms with Crippen LogP contribution < -0.4 is 11.2 Å². The summed E-state index contributed by atoms with van der Waals surface area (Å²) >= 11 is 0. The molecule has 3 heterocycles. The van der Waals surface area contributed by atoms with E-state index in [1.54, 1.807) is 12.1 Å². The van der Waals surface area contributed by atoms with Crippen molar-refractivity contribution in [2.45, 2.75) is 26.9 Å². The predicted molar refractivity (Wildman–Crippen MR) is 110 cm³/mol. The van der Waals surface area contributed by atoms with Gasteiger partial charge >= 0.3 is 11.7 Å². The molecule has 0 radical (unpaired) electrons. The van der Waals surface area contributed by atoms with Crippen molar-refractivity contribution < 1.29 is 14.3 Å². The number of carbonyl (C=O) groups is 2. The lowest BCUT2D eigenvalue weighted by Crippen LogP contribution is -2.37. The van der Waals surface area contributed by atoms with Crippen LogP contribution in [0, 0.1) is 13.8 Å². The van der Waals surface area contributed by atoms with Crippen LogP contribution in [0.4, 0.5) is 0 Å². The van der Waals surface area contributed by atoms with Gasteiger partial charge in [-0.25, -0.2) is 9.78 Å². The quantitative estimate of drug-likeness (QED) is 0.316. The molecule has 0 aliphatic rings. The number of Topliss-reactive ketones (excluding diaryl/α,β-unsaturated/α-hetero) is 1. The third-order valence-corrected chi connectivity index (χ3v) is 5.07. The van der Waals surface area contributed by atoms with Crippen molar-refractivity contribution in [1.29, 1.82) is 0 Å². The first-order chi connectivity index (χ1) is 14.2. The van der Waals surface area contributed by atoms with Crippen LogP contribution in [-0.4, -0.2) is 41.6 Å². The second-order valence-corrected chi connectivity index (χ2v) is 7.02. The number of imidazole rings is 1. The first-order valence-corrected chi connectivity index (χ1v) is 9.24. The van der Waals surface area contributed by atoms with Gasteiger partial charge in [0.1, 0.15) is 6.54 Å². The Kier molecular flexibility index (Phi) is 5.59. The summed E-state index contributed by atoms with van der Waals surface area (Å²) in [5.41, 5.74) is 1.37. The molecule has 0 aliphatic carbocycles. The molecule has 0 aromatic carbocycles. The molecule has 0 N–H and O–H groups in total. The van der Waals surface area contributed by atoms with Gasteiger partial charge in [0.25, 0.3) is 5.56 Å². The van der Waals surface area contributed by atoms with Gasteiger partial charge in [-0.15, -0.1) is 6.58 Å². The smallest absolute Gasteiger partial charge is 0.332 e. The van der Waals surface area contributed by atoms with Crippen LogP contribution >= 0.6 is 0 Å². The molecule has 0 saturated heterocycles. The SMILES string of the molecule is C=CCn1c(C)cc(C(=O)COC(=O)Cn2cnc3c2c(=O)n(C)c(=O)n3C)c1C. The Labute approximate surface area is 171 Å². The maximum atomic E-state index is 12.5. The Bertz CT molecular complexity index is 1290. The third kappa shape index (κ3) is 3.51. The van der Waals surface area contributed by atoms with E-state index in [4.69, 9.17) is 4.74 Å². The average molecular weight is 413 g/mol. The lowest BCUT2D eigenvalue weighted by Gasteiger charge is -2.08. The number of esters is 1. The number of hydrogen-bond acceptors (Lipinski definition) is 6. The summed E-state index contributed by atoms with van der Waals surface area (Å²) in [5.74, 6) is -1.01. The molecule has 3 aromatic heterocycles. The topological polar surface area (TPSA) is 110 Å². The molecular formula is C20H23N5O5. The molecule has 0 spiro atoms. The van der Waals surface area contributed by atoms with E-state index in [0.717, 1.165) is 16.0 Å². The lowest BCUT2D eigenvalue weighted by atomic mass is 10.1. The average Bonchev–Trinajstić information content (AvgIpc) is 3.25. The van der Waals surface area contributed by atoms with Gasteiger partial charge in [-0.1, -0.05) is 6.08 Å². The number of ether oxygens (including phenoxy) is 1. The van der Waals surface area contributed by atoms with Crippen LogP contribution in [0.3, 0.4) is 0 Å². The third-order valence-electron chi connectivity index (χ3n) is 5.07. The van der Waals surface area contributed by atoms with Crippen LogP contribution in [0.2, 0.25) is 0 Å². The van der Waals surface area contributed by atoms with Gasteiger partial charge in [-0.3, -0.25) is 23.5 Å². The monoisotopic (exact) mass is 413 g/mol. The molecule has 10 heteroatoms. The van der Waals surface area contributed by atoms with Crippen molar-refractivity contribution in [3.8, 4) is 0 Å². The van der Waals surface area contributed by atoms with Crippen LogP contribution in [0.25, 0.3) is 11.2 Å². The predicted octanol–water partition coefficient (Wildman–Crippen LogP) is 0.464. The minimum atomic E-state index is -0.696. The van der Waals surface area contributed by atoms with Gasteiger partial charge in [-0.2, -0.15) is 0 Å². The fraction of sp³-hybridized carbons (Fsp3) is 0.350.